The van der Waals surface area contributed by atoms with Gasteiger partial charge in [-0.05, 0) is 0 Å². The molecule has 2 aliphatic rings. The summed E-state index contributed by atoms with van der Waals surface area (Å²) in [6, 6.07) is 0. The fraction of sp³-hybridized carbons (Fsp3) is 1.00. The molecule has 11 nitrogen and oxygen atoms in total. The van der Waals surface area contributed by atoms with Crippen molar-refractivity contribution in [1.29, 1.82) is 0 Å². The molecule has 0 aromatic carbocycles. The third-order valence-electron chi connectivity index (χ3n) is 3.98. The molecule has 0 amide bonds. The molecule has 0 radical (unpaired) electrons. The highest BCUT2D eigenvalue weighted by Gasteiger charge is 2.50. The van der Waals surface area contributed by atoms with E-state index in [2.05, 4.69) is 0 Å². The summed E-state index contributed by atoms with van der Waals surface area (Å²) in [7, 11) is 0. The number of hydrogen-bond donors (Lipinski definition) is 8. The SMILES string of the molecule is OC[C@@H]1O[C@@H](O)[C@@H](O)[C@H](O)[C@H]1O[C@@H]1O[C@H](CO)[C@H](O)[C@H](O)[C@H]1O. The van der Waals surface area contributed by atoms with Crippen LogP contribution in [0.15, 0.2) is 0 Å². The number of aliphatic hydroxyl groups excluding tert-OH is 8. The predicted octanol–water partition coefficient (Wildman–Crippen LogP) is -5.40. The summed E-state index contributed by atoms with van der Waals surface area (Å²) in [6.07, 6.45) is -15.6. The molecule has 10 atom stereocenters. The number of rotatable bonds is 4. The Morgan fingerprint density at radius 3 is 1.83 bits per heavy atom. The van der Waals surface area contributed by atoms with Crippen molar-refractivity contribution in [3.05, 3.63) is 0 Å². The van der Waals surface area contributed by atoms with Crippen LogP contribution in [0, 0.1) is 0 Å². The van der Waals surface area contributed by atoms with Crippen molar-refractivity contribution in [2.75, 3.05) is 13.2 Å². The number of aliphatic hydroxyl groups is 8. The van der Waals surface area contributed by atoms with Crippen molar-refractivity contribution in [3.8, 4) is 0 Å². The summed E-state index contributed by atoms with van der Waals surface area (Å²) in [6.45, 7) is -1.35. The molecule has 2 saturated heterocycles. The van der Waals surface area contributed by atoms with Crippen molar-refractivity contribution in [3.63, 3.8) is 0 Å². The first-order valence-electron chi connectivity index (χ1n) is 7.08. The van der Waals surface area contributed by atoms with Gasteiger partial charge in [0.15, 0.2) is 12.6 Å². The lowest BCUT2D eigenvalue weighted by atomic mass is 9.97. The Balaban J connectivity index is 2.11. The van der Waals surface area contributed by atoms with Gasteiger partial charge in [-0.3, -0.25) is 0 Å². The van der Waals surface area contributed by atoms with Gasteiger partial charge >= 0.3 is 0 Å². The summed E-state index contributed by atoms with van der Waals surface area (Å²) < 4.78 is 15.3. The first-order valence-corrected chi connectivity index (χ1v) is 7.08. The van der Waals surface area contributed by atoms with Crippen molar-refractivity contribution in [2.45, 2.75) is 61.4 Å². The van der Waals surface area contributed by atoms with E-state index < -0.39 is 74.6 Å². The minimum absolute atomic E-state index is 0.667. The summed E-state index contributed by atoms with van der Waals surface area (Å²) in [5.74, 6) is 0. The molecule has 23 heavy (non-hydrogen) atoms. The van der Waals surface area contributed by atoms with Crippen molar-refractivity contribution < 1.29 is 55.1 Å². The Bertz CT molecular complexity index is 378. The van der Waals surface area contributed by atoms with E-state index in [-0.39, 0.29) is 0 Å². The Kier molecular flexibility index (Phi) is 6.27. The Morgan fingerprint density at radius 2 is 1.26 bits per heavy atom. The van der Waals surface area contributed by atoms with Gasteiger partial charge in [0.2, 0.25) is 0 Å². The average molecular weight is 342 g/mol. The van der Waals surface area contributed by atoms with Crippen LogP contribution in [0.1, 0.15) is 0 Å². The molecule has 136 valence electrons. The van der Waals surface area contributed by atoms with Crippen molar-refractivity contribution >= 4 is 0 Å². The van der Waals surface area contributed by atoms with E-state index in [0.717, 1.165) is 0 Å². The van der Waals surface area contributed by atoms with Crippen LogP contribution in [0.3, 0.4) is 0 Å². The van der Waals surface area contributed by atoms with Gasteiger partial charge in [0.05, 0.1) is 13.2 Å². The topological polar surface area (TPSA) is 190 Å². The molecule has 0 aliphatic carbocycles. The van der Waals surface area contributed by atoms with Gasteiger partial charge in [0, 0.05) is 0 Å². The smallest absolute Gasteiger partial charge is 0.187 e. The van der Waals surface area contributed by atoms with Crippen LogP contribution in [-0.2, 0) is 14.2 Å². The van der Waals surface area contributed by atoms with E-state index in [1.807, 2.05) is 0 Å². The first-order chi connectivity index (χ1) is 10.8. The van der Waals surface area contributed by atoms with Gasteiger partial charge < -0.3 is 55.1 Å². The van der Waals surface area contributed by atoms with E-state index in [1.54, 1.807) is 0 Å². The minimum atomic E-state index is -1.74. The maximum absolute atomic E-state index is 9.94. The highest BCUT2D eigenvalue weighted by atomic mass is 16.7. The second-order valence-electron chi connectivity index (χ2n) is 5.53. The fourth-order valence-electron chi connectivity index (χ4n) is 2.57. The quantitative estimate of drug-likeness (QED) is 0.243. The number of hydrogen-bond acceptors (Lipinski definition) is 11. The van der Waals surface area contributed by atoms with Gasteiger partial charge in [-0.2, -0.15) is 0 Å². The Labute approximate surface area is 130 Å². The number of ether oxygens (including phenoxy) is 3. The van der Waals surface area contributed by atoms with Gasteiger partial charge in [-0.1, -0.05) is 0 Å². The zero-order valence-corrected chi connectivity index (χ0v) is 12.0. The molecule has 0 spiro atoms. The predicted molar refractivity (Wildman–Crippen MR) is 68.6 cm³/mol. The average Bonchev–Trinajstić information content (AvgIpc) is 2.55. The van der Waals surface area contributed by atoms with E-state index in [0.29, 0.717) is 0 Å². The second-order valence-corrected chi connectivity index (χ2v) is 5.53. The molecule has 2 rings (SSSR count). The maximum atomic E-state index is 9.94. The van der Waals surface area contributed by atoms with E-state index in [4.69, 9.17) is 19.3 Å². The molecule has 0 bridgehead atoms. The zero-order chi connectivity index (χ0) is 17.3. The van der Waals surface area contributed by atoms with Crippen LogP contribution >= 0.6 is 0 Å². The van der Waals surface area contributed by atoms with Crippen LogP contribution < -0.4 is 0 Å². The van der Waals surface area contributed by atoms with E-state index >= 15 is 0 Å². The first kappa shape index (κ1) is 18.9. The van der Waals surface area contributed by atoms with Crippen LogP contribution in [-0.4, -0.2) is 115 Å². The van der Waals surface area contributed by atoms with Crippen LogP contribution in [0.4, 0.5) is 0 Å². The van der Waals surface area contributed by atoms with Gasteiger partial charge in [-0.25, -0.2) is 0 Å². The lowest BCUT2D eigenvalue weighted by Crippen LogP contribution is -2.64. The molecule has 2 fully saturated rings. The largest absolute Gasteiger partial charge is 0.394 e. The molecule has 2 aliphatic heterocycles. The zero-order valence-electron chi connectivity index (χ0n) is 12.0. The summed E-state index contributed by atoms with van der Waals surface area (Å²) in [4.78, 5) is 0. The van der Waals surface area contributed by atoms with Crippen molar-refractivity contribution in [2.24, 2.45) is 0 Å². The third kappa shape index (κ3) is 3.65. The summed E-state index contributed by atoms with van der Waals surface area (Å²) >= 11 is 0. The second kappa shape index (κ2) is 7.63. The standard InChI is InChI=1S/C12H22O11/c13-1-3-5(15)6(16)9(19)12(22-3)23-10-4(2-14)21-11(20)8(18)7(10)17/h3-20H,1-2H2/t3-,4+,5+,6+,7+,8+,9-,10+,11-,12+/m1/s1. The van der Waals surface area contributed by atoms with Crippen LogP contribution in [0.5, 0.6) is 0 Å². The molecule has 2 heterocycles. The third-order valence-corrected chi connectivity index (χ3v) is 3.98. The van der Waals surface area contributed by atoms with Crippen LogP contribution in [0.25, 0.3) is 0 Å². The minimum Gasteiger partial charge on any atom is -0.394 e. The molecule has 0 unspecified atom stereocenters. The van der Waals surface area contributed by atoms with Gasteiger partial charge in [0.1, 0.15) is 48.8 Å². The van der Waals surface area contributed by atoms with Gasteiger partial charge in [-0.15, -0.1) is 0 Å². The molecule has 0 aromatic heterocycles. The Hall–Kier alpha value is -0.440. The molecule has 0 saturated carbocycles. The molecule has 0 aromatic rings. The van der Waals surface area contributed by atoms with Crippen LogP contribution in [0.2, 0.25) is 0 Å². The lowest BCUT2D eigenvalue weighted by molar-refractivity contribution is -0.355. The monoisotopic (exact) mass is 342 g/mol. The highest BCUT2D eigenvalue weighted by Crippen LogP contribution is 2.28. The lowest BCUT2D eigenvalue weighted by Gasteiger charge is -2.45. The van der Waals surface area contributed by atoms with E-state index in [9.17, 15) is 35.7 Å². The van der Waals surface area contributed by atoms with Crippen molar-refractivity contribution in [1.82, 2.24) is 0 Å². The fourth-order valence-corrected chi connectivity index (χ4v) is 2.57. The van der Waals surface area contributed by atoms with Gasteiger partial charge in [0.25, 0.3) is 0 Å². The molecular formula is C12H22O11. The molecule has 11 heteroatoms. The Morgan fingerprint density at radius 1 is 0.652 bits per heavy atom. The summed E-state index contributed by atoms with van der Waals surface area (Å²) in [5, 5.41) is 76.5. The normalized spacial score (nSPS) is 51.7. The molecular weight excluding hydrogens is 320 g/mol. The highest BCUT2D eigenvalue weighted by molar-refractivity contribution is 4.93. The summed E-state index contributed by atoms with van der Waals surface area (Å²) in [5.41, 5.74) is 0. The van der Waals surface area contributed by atoms with E-state index in [1.165, 1.54) is 0 Å². The molecule has 8 N–H and O–H groups in total. The maximum Gasteiger partial charge on any atom is 0.187 e.